The zero-order valence-electron chi connectivity index (χ0n) is 9.46. The third-order valence-corrected chi connectivity index (χ3v) is 3.30. The number of aryl methyl sites for hydroxylation is 1. The highest BCUT2D eigenvalue weighted by Crippen LogP contribution is 2.29. The Morgan fingerprint density at radius 3 is 3.19 bits per heavy atom. The van der Waals surface area contributed by atoms with E-state index in [4.69, 9.17) is 16.7 Å². The van der Waals surface area contributed by atoms with Crippen molar-refractivity contribution in [3.63, 3.8) is 0 Å². The summed E-state index contributed by atoms with van der Waals surface area (Å²) in [5.41, 5.74) is 2.49. The normalized spacial score (nSPS) is 19.1. The number of aliphatic hydroxyl groups excluding tert-OH is 1. The lowest BCUT2D eigenvalue weighted by Crippen LogP contribution is -2.27. The first kappa shape index (κ1) is 11.7. The van der Waals surface area contributed by atoms with Crippen LogP contribution in [0, 0.1) is 6.92 Å². The molecule has 0 radical (unpaired) electrons. The molecule has 0 aliphatic carbocycles. The number of nitrogens with zero attached hydrogens (tertiary/aromatic N) is 1. The van der Waals surface area contributed by atoms with E-state index in [1.165, 1.54) is 11.1 Å². The molecule has 1 aliphatic rings. The summed E-state index contributed by atoms with van der Waals surface area (Å²) in [6.07, 6.45) is 3.99. The SMILES string of the molecule is Cc1cc(Cl)nc2c1CCC(CCCO)N2. The summed E-state index contributed by atoms with van der Waals surface area (Å²) < 4.78 is 0. The second kappa shape index (κ2) is 5.02. The first-order valence-corrected chi connectivity index (χ1v) is 6.12. The lowest BCUT2D eigenvalue weighted by Gasteiger charge is -2.27. The van der Waals surface area contributed by atoms with E-state index in [0.717, 1.165) is 31.5 Å². The van der Waals surface area contributed by atoms with Crippen molar-refractivity contribution in [2.45, 2.75) is 38.6 Å². The molecule has 88 valence electrons. The number of anilines is 1. The van der Waals surface area contributed by atoms with E-state index < -0.39 is 0 Å². The van der Waals surface area contributed by atoms with Gasteiger partial charge in [-0.05, 0) is 49.8 Å². The molecule has 0 aromatic carbocycles. The van der Waals surface area contributed by atoms with Crippen molar-refractivity contribution >= 4 is 17.4 Å². The summed E-state index contributed by atoms with van der Waals surface area (Å²) in [4.78, 5) is 4.32. The molecule has 0 saturated heterocycles. The fourth-order valence-corrected chi connectivity index (χ4v) is 2.48. The van der Waals surface area contributed by atoms with Crippen molar-refractivity contribution in [2.24, 2.45) is 0 Å². The molecule has 0 bridgehead atoms. The van der Waals surface area contributed by atoms with Crippen molar-refractivity contribution in [1.29, 1.82) is 0 Å². The van der Waals surface area contributed by atoms with Crippen LogP contribution in [0.4, 0.5) is 5.82 Å². The summed E-state index contributed by atoms with van der Waals surface area (Å²) >= 11 is 5.94. The number of nitrogens with one attached hydrogen (secondary N) is 1. The lowest BCUT2D eigenvalue weighted by molar-refractivity contribution is 0.279. The first-order valence-electron chi connectivity index (χ1n) is 5.74. The average Bonchev–Trinajstić information content (AvgIpc) is 2.25. The van der Waals surface area contributed by atoms with E-state index in [1.54, 1.807) is 0 Å². The number of hydrogen-bond acceptors (Lipinski definition) is 3. The second-order valence-electron chi connectivity index (χ2n) is 4.33. The topological polar surface area (TPSA) is 45.2 Å². The standard InChI is InChI=1S/C12H17ClN2O/c1-8-7-11(13)15-12-10(8)5-4-9(14-12)3-2-6-16/h7,9,16H,2-6H2,1H3,(H,14,15). The Morgan fingerprint density at radius 2 is 2.44 bits per heavy atom. The third kappa shape index (κ3) is 2.47. The van der Waals surface area contributed by atoms with E-state index in [-0.39, 0.29) is 6.61 Å². The van der Waals surface area contributed by atoms with Gasteiger partial charge in [-0.25, -0.2) is 4.98 Å². The molecule has 1 atom stereocenters. The Balaban J connectivity index is 2.13. The summed E-state index contributed by atoms with van der Waals surface area (Å²) in [7, 11) is 0. The van der Waals surface area contributed by atoms with Crippen molar-refractivity contribution in [2.75, 3.05) is 11.9 Å². The molecule has 0 fully saturated rings. The van der Waals surface area contributed by atoms with Crippen LogP contribution in [0.1, 0.15) is 30.4 Å². The maximum absolute atomic E-state index is 8.82. The summed E-state index contributed by atoms with van der Waals surface area (Å²) in [6.45, 7) is 2.33. The molecular formula is C12H17ClN2O. The van der Waals surface area contributed by atoms with Crippen LogP contribution in [-0.4, -0.2) is 22.7 Å². The summed E-state index contributed by atoms with van der Waals surface area (Å²) in [5.74, 6) is 0.930. The van der Waals surface area contributed by atoms with Crippen LogP contribution in [0.3, 0.4) is 0 Å². The van der Waals surface area contributed by atoms with Gasteiger partial charge in [-0.15, -0.1) is 0 Å². The van der Waals surface area contributed by atoms with Crippen molar-refractivity contribution in [3.05, 3.63) is 22.3 Å². The van der Waals surface area contributed by atoms with Gasteiger partial charge in [0.25, 0.3) is 0 Å². The summed E-state index contributed by atoms with van der Waals surface area (Å²) in [6, 6.07) is 2.33. The number of aromatic nitrogens is 1. The number of rotatable bonds is 3. The van der Waals surface area contributed by atoms with Crippen LogP contribution in [0.25, 0.3) is 0 Å². The average molecular weight is 241 g/mol. The maximum Gasteiger partial charge on any atom is 0.131 e. The van der Waals surface area contributed by atoms with E-state index in [0.29, 0.717) is 11.2 Å². The van der Waals surface area contributed by atoms with Crippen LogP contribution < -0.4 is 5.32 Å². The highest BCUT2D eigenvalue weighted by molar-refractivity contribution is 6.29. The lowest BCUT2D eigenvalue weighted by atomic mass is 9.95. The smallest absolute Gasteiger partial charge is 0.131 e. The minimum absolute atomic E-state index is 0.257. The molecule has 16 heavy (non-hydrogen) atoms. The van der Waals surface area contributed by atoms with Crippen LogP contribution in [0.5, 0.6) is 0 Å². The van der Waals surface area contributed by atoms with Gasteiger partial charge in [0.2, 0.25) is 0 Å². The molecule has 1 aromatic rings. The van der Waals surface area contributed by atoms with Crippen LogP contribution in [0.2, 0.25) is 5.15 Å². The van der Waals surface area contributed by atoms with Gasteiger partial charge in [-0.3, -0.25) is 0 Å². The van der Waals surface area contributed by atoms with E-state index in [1.807, 2.05) is 6.07 Å². The molecule has 3 nitrogen and oxygen atoms in total. The predicted molar refractivity (Wildman–Crippen MR) is 66.0 cm³/mol. The molecule has 0 saturated carbocycles. The number of pyridine rings is 1. The van der Waals surface area contributed by atoms with E-state index >= 15 is 0 Å². The molecule has 4 heteroatoms. The zero-order chi connectivity index (χ0) is 11.5. The first-order chi connectivity index (χ1) is 7.70. The van der Waals surface area contributed by atoms with E-state index in [2.05, 4.69) is 17.2 Å². The number of aliphatic hydroxyl groups is 1. The molecule has 2 rings (SSSR count). The van der Waals surface area contributed by atoms with Gasteiger partial charge in [0.15, 0.2) is 0 Å². The van der Waals surface area contributed by atoms with Gasteiger partial charge in [0, 0.05) is 12.6 Å². The maximum atomic E-state index is 8.82. The molecule has 1 aliphatic heterocycles. The van der Waals surface area contributed by atoms with E-state index in [9.17, 15) is 0 Å². The molecule has 0 amide bonds. The highest BCUT2D eigenvalue weighted by atomic mass is 35.5. The Labute approximate surface area is 101 Å². The van der Waals surface area contributed by atoms with Gasteiger partial charge < -0.3 is 10.4 Å². The van der Waals surface area contributed by atoms with Gasteiger partial charge in [0.1, 0.15) is 11.0 Å². The molecule has 1 unspecified atom stereocenters. The molecule has 2 N–H and O–H groups in total. The van der Waals surface area contributed by atoms with Crippen LogP contribution >= 0.6 is 11.6 Å². The molecule has 0 spiro atoms. The predicted octanol–water partition coefficient (Wildman–Crippen LogP) is 2.54. The number of fused-ring (bicyclic) bond motifs is 1. The summed E-state index contributed by atoms with van der Waals surface area (Å²) in [5, 5.41) is 12.8. The third-order valence-electron chi connectivity index (χ3n) is 3.11. The van der Waals surface area contributed by atoms with Gasteiger partial charge in [-0.2, -0.15) is 0 Å². The van der Waals surface area contributed by atoms with Gasteiger partial charge >= 0.3 is 0 Å². The van der Waals surface area contributed by atoms with Crippen LogP contribution in [-0.2, 0) is 6.42 Å². The number of halogens is 1. The minimum atomic E-state index is 0.257. The monoisotopic (exact) mass is 240 g/mol. The Hall–Kier alpha value is -0.800. The Morgan fingerprint density at radius 1 is 1.62 bits per heavy atom. The second-order valence-corrected chi connectivity index (χ2v) is 4.72. The highest BCUT2D eigenvalue weighted by Gasteiger charge is 2.20. The van der Waals surface area contributed by atoms with Gasteiger partial charge in [-0.1, -0.05) is 11.6 Å². The fraction of sp³-hybridized carbons (Fsp3) is 0.583. The fourth-order valence-electron chi connectivity index (χ4n) is 2.23. The Kier molecular flexibility index (Phi) is 3.66. The number of hydrogen-bond donors (Lipinski definition) is 2. The zero-order valence-corrected chi connectivity index (χ0v) is 10.2. The quantitative estimate of drug-likeness (QED) is 0.799. The van der Waals surface area contributed by atoms with Crippen molar-refractivity contribution in [1.82, 2.24) is 4.98 Å². The molecular weight excluding hydrogens is 224 g/mol. The minimum Gasteiger partial charge on any atom is -0.396 e. The molecule has 1 aromatic heterocycles. The van der Waals surface area contributed by atoms with Crippen molar-refractivity contribution < 1.29 is 5.11 Å². The Bertz CT molecular complexity index is 382. The largest absolute Gasteiger partial charge is 0.396 e. The van der Waals surface area contributed by atoms with Gasteiger partial charge in [0.05, 0.1) is 0 Å². The van der Waals surface area contributed by atoms with Crippen molar-refractivity contribution in [3.8, 4) is 0 Å². The molecule has 2 heterocycles. The van der Waals surface area contributed by atoms with Crippen LogP contribution in [0.15, 0.2) is 6.07 Å².